The largest absolute Gasteiger partial charge is 0.377 e. The molecule has 18 heavy (non-hydrogen) atoms. The van der Waals surface area contributed by atoms with E-state index in [1.54, 1.807) is 7.11 Å². The monoisotopic (exact) mass is 253 g/mol. The molecule has 104 valence electrons. The quantitative estimate of drug-likeness (QED) is 0.811. The lowest BCUT2D eigenvalue weighted by atomic mass is 9.90. The Hall–Kier alpha value is -0.870. The molecule has 4 heteroatoms. The maximum Gasteiger partial charge on any atom is 0.0804 e. The molecule has 1 rings (SSSR count). The minimum atomic E-state index is -0.156. The highest BCUT2D eigenvalue weighted by molar-refractivity contribution is 5.05. The third-order valence-corrected chi connectivity index (χ3v) is 3.86. The molecule has 0 fully saturated rings. The van der Waals surface area contributed by atoms with Crippen LogP contribution in [0.4, 0.5) is 0 Å². The van der Waals surface area contributed by atoms with E-state index < -0.39 is 0 Å². The lowest BCUT2D eigenvalue weighted by Crippen LogP contribution is -2.49. The Labute approximate surface area is 111 Å². The van der Waals surface area contributed by atoms with Crippen LogP contribution >= 0.6 is 0 Å². The molecule has 0 radical (unpaired) electrons. The second kappa shape index (κ2) is 6.34. The van der Waals surface area contributed by atoms with Gasteiger partial charge in [-0.25, -0.2) is 0 Å². The van der Waals surface area contributed by atoms with Gasteiger partial charge in [-0.05, 0) is 40.3 Å². The van der Waals surface area contributed by atoms with E-state index in [4.69, 9.17) is 4.74 Å². The zero-order chi connectivity index (χ0) is 13.8. The van der Waals surface area contributed by atoms with E-state index in [0.29, 0.717) is 6.04 Å². The third-order valence-electron chi connectivity index (χ3n) is 3.86. The van der Waals surface area contributed by atoms with Gasteiger partial charge in [-0.3, -0.25) is 4.68 Å². The first-order valence-corrected chi connectivity index (χ1v) is 6.73. The molecule has 0 aliphatic rings. The van der Waals surface area contributed by atoms with Crippen LogP contribution in [0.3, 0.4) is 0 Å². The Morgan fingerprint density at radius 1 is 1.50 bits per heavy atom. The van der Waals surface area contributed by atoms with E-state index in [1.807, 2.05) is 17.9 Å². The van der Waals surface area contributed by atoms with Gasteiger partial charge in [0.15, 0.2) is 0 Å². The van der Waals surface area contributed by atoms with Crippen LogP contribution < -0.4 is 5.32 Å². The second-order valence-corrected chi connectivity index (χ2v) is 5.30. The van der Waals surface area contributed by atoms with Crippen LogP contribution in [0.2, 0.25) is 0 Å². The number of hydrogen-bond donors (Lipinski definition) is 1. The lowest BCUT2D eigenvalue weighted by Gasteiger charge is -2.35. The summed E-state index contributed by atoms with van der Waals surface area (Å²) in [6.07, 6.45) is 3.90. The average Bonchev–Trinajstić information content (AvgIpc) is 2.83. The van der Waals surface area contributed by atoms with Crippen molar-refractivity contribution in [1.82, 2.24) is 15.1 Å². The van der Waals surface area contributed by atoms with Gasteiger partial charge in [0, 0.05) is 31.8 Å². The van der Waals surface area contributed by atoms with E-state index >= 15 is 0 Å². The molecular formula is C14H27N3O. The number of nitrogens with zero attached hydrogens (tertiary/aromatic N) is 2. The van der Waals surface area contributed by atoms with Crippen molar-refractivity contribution in [3.63, 3.8) is 0 Å². The van der Waals surface area contributed by atoms with Gasteiger partial charge < -0.3 is 10.1 Å². The molecule has 4 nitrogen and oxygen atoms in total. The maximum atomic E-state index is 5.67. The van der Waals surface area contributed by atoms with Gasteiger partial charge in [0.1, 0.15) is 0 Å². The van der Waals surface area contributed by atoms with Crippen molar-refractivity contribution in [1.29, 1.82) is 0 Å². The molecule has 0 aromatic carbocycles. The molecule has 2 unspecified atom stereocenters. The fourth-order valence-corrected chi connectivity index (χ4v) is 2.14. The average molecular weight is 253 g/mol. The molecule has 0 amide bonds. The summed E-state index contributed by atoms with van der Waals surface area (Å²) in [5.74, 6) is 0. The standard InChI is InChI=1S/C14H27N3O/c1-7-14(4,18-6)13(15-5)10-12-8-9-17(16-12)11(2)3/h8-9,11,13,15H,7,10H2,1-6H3. The summed E-state index contributed by atoms with van der Waals surface area (Å²) < 4.78 is 7.67. The third kappa shape index (κ3) is 3.33. The summed E-state index contributed by atoms with van der Waals surface area (Å²) in [4.78, 5) is 0. The van der Waals surface area contributed by atoms with E-state index in [0.717, 1.165) is 18.5 Å². The van der Waals surface area contributed by atoms with Crippen molar-refractivity contribution in [2.75, 3.05) is 14.2 Å². The Bertz CT molecular complexity index is 356. The number of ether oxygens (including phenoxy) is 1. The van der Waals surface area contributed by atoms with E-state index in [2.05, 4.69) is 44.2 Å². The molecule has 0 saturated heterocycles. The minimum absolute atomic E-state index is 0.156. The molecule has 1 aromatic heterocycles. The normalized spacial score (nSPS) is 16.8. The first kappa shape index (κ1) is 15.2. The van der Waals surface area contributed by atoms with E-state index in [1.165, 1.54) is 0 Å². The zero-order valence-electron chi connectivity index (χ0n) is 12.5. The van der Waals surface area contributed by atoms with Crippen LogP contribution in [0.5, 0.6) is 0 Å². The van der Waals surface area contributed by atoms with Crippen LogP contribution in [-0.4, -0.2) is 35.6 Å². The summed E-state index contributed by atoms with van der Waals surface area (Å²) in [6, 6.07) is 2.77. The summed E-state index contributed by atoms with van der Waals surface area (Å²) in [5, 5.41) is 7.96. The van der Waals surface area contributed by atoms with Crippen molar-refractivity contribution >= 4 is 0 Å². The molecule has 0 aliphatic heterocycles. The van der Waals surface area contributed by atoms with Crippen LogP contribution in [0.1, 0.15) is 45.9 Å². The predicted octanol–water partition coefficient (Wildman–Crippen LogP) is 2.41. The molecular weight excluding hydrogens is 226 g/mol. The molecule has 2 atom stereocenters. The second-order valence-electron chi connectivity index (χ2n) is 5.30. The number of aromatic nitrogens is 2. The van der Waals surface area contributed by atoms with Gasteiger partial charge in [0.25, 0.3) is 0 Å². The van der Waals surface area contributed by atoms with Gasteiger partial charge in [-0.1, -0.05) is 6.92 Å². The van der Waals surface area contributed by atoms with Crippen molar-refractivity contribution in [2.24, 2.45) is 0 Å². The smallest absolute Gasteiger partial charge is 0.0804 e. The Morgan fingerprint density at radius 3 is 2.56 bits per heavy atom. The first-order chi connectivity index (χ1) is 8.46. The fourth-order valence-electron chi connectivity index (χ4n) is 2.14. The summed E-state index contributed by atoms with van der Waals surface area (Å²) in [7, 11) is 3.76. The summed E-state index contributed by atoms with van der Waals surface area (Å²) in [6.45, 7) is 8.57. The maximum absolute atomic E-state index is 5.67. The predicted molar refractivity (Wildman–Crippen MR) is 74.9 cm³/mol. The van der Waals surface area contributed by atoms with E-state index in [-0.39, 0.29) is 11.6 Å². The van der Waals surface area contributed by atoms with Crippen molar-refractivity contribution in [3.05, 3.63) is 18.0 Å². The van der Waals surface area contributed by atoms with Crippen LogP contribution in [0, 0.1) is 0 Å². The van der Waals surface area contributed by atoms with Gasteiger partial charge in [-0.2, -0.15) is 5.10 Å². The zero-order valence-corrected chi connectivity index (χ0v) is 12.5. The fraction of sp³-hybridized carbons (Fsp3) is 0.786. The molecule has 1 N–H and O–H groups in total. The minimum Gasteiger partial charge on any atom is -0.377 e. The van der Waals surface area contributed by atoms with Crippen molar-refractivity contribution in [2.45, 2.75) is 58.2 Å². The molecule has 0 saturated carbocycles. The highest BCUT2D eigenvalue weighted by atomic mass is 16.5. The molecule has 0 aliphatic carbocycles. The molecule has 1 heterocycles. The van der Waals surface area contributed by atoms with Crippen molar-refractivity contribution < 1.29 is 4.74 Å². The Morgan fingerprint density at radius 2 is 2.17 bits per heavy atom. The SMILES string of the molecule is CCC(C)(OC)C(Cc1ccn(C(C)C)n1)NC. The van der Waals surface area contributed by atoms with Gasteiger partial charge in [0.05, 0.1) is 11.3 Å². The molecule has 0 bridgehead atoms. The first-order valence-electron chi connectivity index (χ1n) is 6.73. The van der Waals surface area contributed by atoms with Crippen LogP contribution in [0.25, 0.3) is 0 Å². The Balaban J connectivity index is 2.79. The van der Waals surface area contributed by atoms with Gasteiger partial charge in [0.2, 0.25) is 0 Å². The van der Waals surface area contributed by atoms with Gasteiger partial charge >= 0.3 is 0 Å². The van der Waals surface area contributed by atoms with Crippen LogP contribution in [-0.2, 0) is 11.2 Å². The van der Waals surface area contributed by atoms with Gasteiger partial charge in [-0.15, -0.1) is 0 Å². The number of methoxy groups -OCH3 is 1. The highest BCUT2D eigenvalue weighted by Gasteiger charge is 2.32. The number of rotatable bonds is 7. The number of likely N-dealkylation sites (N-methyl/N-ethyl adjacent to an activating group) is 1. The van der Waals surface area contributed by atoms with Crippen LogP contribution in [0.15, 0.2) is 12.3 Å². The number of nitrogens with one attached hydrogen (secondary N) is 1. The molecule has 1 aromatic rings. The van der Waals surface area contributed by atoms with Crippen molar-refractivity contribution in [3.8, 4) is 0 Å². The summed E-state index contributed by atoms with van der Waals surface area (Å²) >= 11 is 0. The molecule has 0 spiro atoms. The lowest BCUT2D eigenvalue weighted by molar-refractivity contribution is -0.0271. The van der Waals surface area contributed by atoms with E-state index in [9.17, 15) is 0 Å². The summed E-state index contributed by atoms with van der Waals surface area (Å²) in [5.41, 5.74) is 0.955. The topological polar surface area (TPSA) is 39.1 Å². The highest BCUT2D eigenvalue weighted by Crippen LogP contribution is 2.22. The number of hydrogen-bond acceptors (Lipinski definition) is 3. The Kier molecular flexibility index (Phi) is 5.35.